The first-order valence-corrected chi connectivity index (χ1v) is 25.5. The second-order valence-corrected chi connectivity index (χ2v) is 24.6. The number of nitrogens with zero attached hydrogens (tertiary/aromatic N) is 5. The summed E-state index contributed by atoms with van der Waals surface area (Å²) in [5.41, 5.74) is 4.62. The van der Waals surface area contributed by atoms with Crippen LogP contribution in [-0.4, -0.2) is 87.5 Å². The molecule has 5 aromatic rings. The number of aromatic nitrogens is 2. The Morgan fingerprint density at radius 1 is 0.933 bits per heavy atom. The molecule has 1 aliphatic rings. The van der Waals surface area contributed by atoms with Crippen LogP contribution in [0.25, 0.3) is 10.2 Å². The zero-order valence-corrected chi connectivity index (χ0v) is 38.3. The molecule has 60 heavy (non-hydrogen) atoms. The third-order valence-electron chi connectivity index (χ3n) is 10.3. The first-order chi connectivity index (χ1) is 28.5. The van der Waals surface area contributed by atoms with Gasteiger partial charge in [0.1, 0.15) is 18.1 Å². The minimum Gasteiger partial charge on any atom is -0.491 e. The highest BCUT2D eigenvalue weighted by molar-refractivity contribution is 7.22. The Morgan fingerprint density at radius 3 is 2.47 bits per heavy atom. The van der Waals surface area contributed by atoms with Gasteiger partial charge in [0.2, 0.25) is 0 Å². The maximum atomic E-state index is 14.9. The largest absolute Gasteiger partial charge is 0.491 e. The zero-order valence-electron chi connectivity index (χ0n) is 36.5. The third kappa shape index (κ3) is 12.2. The average Bonchev–Trinajstić information content (AvgIpc) is 3.62. The molecule has 13 heteroatoms. The van der Waals surface area contributed by atoms with Crippen molar-refractivity contribution in [2.24, 2.45) is 0 Å². The summed E-state index contributed by atoms with van der Waals surface area (Å²) >= 11 is 1.48. The van der Waals surface area contributed by atoms with E-state index in [1.54, 1.807) is 17.0 Å². The number of esters is 1. The van der Waals surface area contributed by atoms with Crippen molar-refractivity contribution >= 4 is 52.5 Å². The Labute approximate surface area is 359 Å². The molecule has 320 valence electrons. The molecule has 1 amide bonds. The van der Waals surface area contributed by atoms with Gasteiger partial charge in [-0.15, -0.1) is 0 Å². The van der Waals surface area contributed by atoms with Crippen molar-refractivity contribution in [2.45, 2.75) is 90.7 Å². The lowest BCUT2D eigenvalue weighted by molar-refractivity contribution is 0.00613. The number of anilines is 2. The number of thiazole rings is 1. The van der Waals surface area contributed by atoms with Gasteiger partial charge >= 0.3 is 5.97 Å². The predicted molar refractivity (Wildman–Crippen MR) is 243 cm³/mol. The molecule has 6 rings (SSSR count). The van der Waals surface area contributed by atoms with Gasteiger partial charge in [0.15, 0.2) is 22.4 Å². The van der Waals surface area contributed by atoms with E-state index >= 15 is 0 Å². The van der Waals surface area contributed by atoms with E-state index in [0.717, 1.165) is 57.9 Å². The first-order valence-electron chi connectivity index (χ1n) is 20.9. The minimum absolute atomic E-state index is 0.0995. The Morgan fingerprint density at radius 2 is 1.73 bits per heavy atom. The van der Waals surface area contributed by atoms with E-state index in [9.17, 15) is 14.0 Å². The smallest absolute Gasteiger partial charge is 0.357 e. The molecule has 0 aliphatic carbocycles. The van der Waals surface area contributed by atoms with Crippen LogP contribution in [0.5, 0.6) is 5.75 Å². The number of fused-ring (bicyclic) bond motifs is 2. The topological polar surface area (TPSA) is 97.3 Å². The fraction of sp³-hybridized carbons (Fsp3) is 0.447. The van der Waals surface area contributed by atoms with E-state index in [2.05, 4.69) is 35.5 Å². The van der Waals surface area contributed by atoms with Crippen molar-refractivity contribution in [3.05, 3.63) is 112 Å². The second-order valence-electron chi connectivity index (χ2n) is 18.0. The molecule has 2 aromatic heterocycles. The van der Waals surface area contributed by atoms with Crippen LogP contribution in [-0.2, 0) is 35.3 Å². The van der Waals surface area contributed by atoms with E-state index in [-0.39, 0.29) is 36.5 Å². The normalized spacial score (nSPS) is 13.1. The summed E-state index contributed by atoms with van der Waals surface area (Å²) in [5.74, 6) is -0.218. The molecule has 0 fully saturated rings. The Kier molecular flexibility index (Phi) is 14.8. The van der Waals surface area contributed by atoms with Gasteiger partial charge in [-0.3, -0.25) is 9.69 Å². The van der Waals surface area contributed by atoms with E-state index in [1.165, 1.54) is 11.3 Å². The second kappa shape index (κ2) is 19.8. The standard InChI is InChI=1S/C47H60FN5O5SSi/c1-47(2,3)58-45(55)43-35(16-13-27-57-40-22-20-33(30-38(40)48)14-12-25-51(4)5)21-23-42(50-43)52-26-24-34-15-11-17-36(37(34)31-52)44(54)53(32-56-28-29-60(6,7)8)46-49-39-18-9-10-19-41(39)59-46/h9-11,15,17-23,30H,12-14,16,24-29,31-32H2,1-8H3. The Bertz CT molecular complexity index is 2240. The molecular formula is C47H60FN5O5SSi. The van der Waals surface area contributed by atoms with E-state index in [0.29, 0.717) is 55.5 Å². The van der Waals surface area contributed by atoms with Crippen molar-refractivity contribution in [2.75, 3.05) is 56.9 Å². The molecule has 10 nitrogen and oxygen atoms in total. The Hall–Kier alpha value is -4.69. The van der Waals surface area contributed by atoms with Crippen LogP contribution in [0.4, 0.5) is 15.3 Å². The number of benzene rings is 3. The number of para-hydroxylation sites is 1. The minimum atomic E-state index is -1.34. The quantitative estimate of drug-likeness (QED) is 0.0370. The van der Waals surface area contributed by atoms with Crippen LogP contribution in [0, 0.1) is 5.82 Å². The third-order valence-corrected chi connectivity index (χ3v) is 13.0. The molecule has 3 heterocycles. The maximum absolute atomic E-state index is 14.9. The number of amides is 1. The number of carbonyl (C=O) groups excluding carboxylic acids is 2. The first kappa shape index (κ1) is 44.8. The summed E-state index contributed by atoms with van der Waals surface area (Å²) in [5, 5.41) is 0.596. The molecule has 0 N–H and O–H groups in total. The number of aryl methyl sites for hydroxylation is 2. The highest BCUT2D eigenvalue weighted by Crippen LogP contribution is 2.33. The molecule has 0 atom stereocenters. The molecule has 0 radical (unpaired) electrons. The van der Waals surface area contributed by atoms with Crippen LogP contribution in [0.2, 0.25) is 25.7 Å². The number of hydrogen-bond donors (Lipinski definition) is 0. The van der Waals surface area contributed by atoms with Gasteiger partial charge < -0.3 is 24.0 Å². The predicted octanol–water partition coefficient (Wildman–Crippen LogP) is 9.81. The van der Waals surface area contributed by atoms with Crippen molar-refractivity contribution in [1.29, 1.82) is 0 Å². The lowest BCUT2D eigenvalue weighted by Crippen LogP contribution is -2.37. The summed E-state index contributed by atoms with van der Waals surface area (Å²) < 4.78 is 33.8. The van der Waals surface area contributed by atoms with Gasteiger partial charge in [0, 0.05) is 33.3 Å². The van der Waals surface area contributed by atoms with Crippen LogP contribution < -0.4 is 14.5 Å². The lowest BCUT2D eigenvalue weighted by Gasteiger charge is -2.32. The monoisotopic (exact) mass is 853 g/mol. The number of pyridine rings is 1. The molecule has 0 saturated heterocycles. The number of rotatable bonds is 18. The molecule has 0 saturated carbocycles. The van der Waals surface area contributed by atoms with E-state index in [1.807, 2.05) is 89.5 Å². The fourth-order valence-corrected chi connectivity index (χ4v) is 8.76. The number of ether oxygens (including phenoxy) is 3. The van der Waals surface area contributed by atoms with Gasteiger partial charge in [-0.1, -0.05) is 67.4 Å². The lowest BCUT2D eigenvalue weighted by atomic mass is 9.94. The molecule has 1 aliphatic heterocycles. The van der Waals surface area contributed by atoms with Gasteiger partial charge in [-0.05, 0) is 138 Å². The summed E-state index contributed by atoms with van der Waals surface area (Å²) in [6.07, 6.45) is 3.46. The molecule has 0 unspecified atom stereocenters. The highest BCUT2D eigenvalue weighted by Gasteiger charge is 2.29. The summed E-state index contributed by atoms with van der Waals surface area (Å²) in [7, 11) is 2.71. The van der Waals surface area contributed by atoms with Gasteiger partial charge in [0.05, 0.1) is 16.8 Å². The maximum Gasteiger partial charge on any atom is 0.357 e. The van der Waals surface area contributed by atoms with Crippen LogP contribution in [0.1, 0.15) is 76.7 Å². The fourth-order valence-electron chi connectivity index (χ4n) is 7.05. The van der Waals surface area contributed by atoms with Gasteiger partial charge in [-0.25, -0.2) is 19.2 Å². The Balaban J connectivity index is 1.19. The van der Waals surface area contributed by atoms with E-state index in [4.69, 9.17) is 24.2 Å². The van der Waals surface area contributed by atoms with Gasteiger partial charge in [0.25, 0.3) is 5.91 Å². The van der Waals surface area contributed by atoms with Crippen LogP contribution in [0.15, 0.2) is 72.8 Å². The zero-order chi connectivity index (χ0) is 43.0. The number of halogens is 1. The summed E-state index contributed by atoms with van der Waals surface area (Å²) in [6, 6.07) is 23.8. The van der Waals surface area contributed by atoms with Crippen molar-refractivity contribution in [1.82, 2.24) is 14.9 Å². The van der Waals surface area contributed by atoms with Crippen molar-refractivity contribution < 1.29 is 28.2 Å². The van der Waals surface area contributed by atoms with Gasteiger partial charge in [-0.2, -0.15) is 0 Å². The number of hydrogen-bond acceptors (Lipinski definition) is 10. The van der Waals surface area contributed by atoms with Crippen molar-refractivity contribution in [3.8, 4) is 5.75 Å². The highest BCUT2D eigenvalue weighted by atomic mass is 32.1. The molecular weight excluding hydrogens is 794 g/mol. The van der Waals surface area contributed by atoms with Crippen molar-refractivity contribution in [3.63, 3.8) is 0 Å². The van der Waals surface area contributed by atoms with Crippen LogP contribution >= 0.6 is 11.3 Å². The molecule has 3 aromatic carbocycles. The van der Waals surface area contributed by atoms with Crippen LogP contribution in [0.3, 0.4) is 0 Å². The van der Waals surface area contributed by atoms with E-state index < -0.39 is 19.6 Å². The average molecular weight is 854 g/mol. The number of carbonyl (C=O) groups is 2. The summed E-state index contributed by atoms with van der Waals surface area (Å²) in [6.45, 7) is 15.4. The molecule has 0 bridgehead atoms. The SMILES string of the molecule is CN(C)CCCc1ccc(OCCCc2ccc(N3CCc4cccc(C(=O)N(COCC[Si](C)(C)C)c5nc6ccccc6s5)c4C3)nc2C(=O)OC(C)(C)C)c(F)c1. The molecule has 0 spiro atoms. The summed E-state index contributed by atoms with van der Waals surface area (Å²) in [4.78, 5) is 44.0.